The summed E-state index contributed by atoms with van der Waals surface area (Å²) >= 11 is 0. The van der Waals surface area contributed by atoms with Crippen molar-refractivity contribution in [3.63, 3.8) is 0 Å². The van der Waals surface area contributed by atoms with Crippen molar-refractivity contribution in [1.82, 2.24) is 9.62 Å². The van der Waals surface area contributed by atoms with Gasteiger partial charge < -0.3 is 14.5 Å². The van der Waals surface area contributed by atoms with E-state index < -0.39 is 39.2 Å². The highest BCUT2D eigenvalue weighted by atomic mass is 32.2. The zero-order valence-corrected chi connectivity index (χ0v) is 19.3. The van der Waals surface area contributed by atoms with Crippen LogP contribution >= 0.6 is 0 Å². The summed E-state index contributed by atoms with van der Waals surface area (Å²) in [5.41, 5.74) is 0.154. The van der Waals surface area contributed by atoms with Crippen LogP contribution in [-0.4, -0.2) is 43.2 Å². The number of amides is 1. The zero-order chi connectivity index (χ0) is 24.2. The minimum absolute atomic E-state index is 0.204. The molecule has 0 bridgehead atoms. The van der Waals surface area contributed by atoms with Crippen molar-refractivity contribution in [2.45, 2.75) is 31.7 Å². The lowest BCUT2D eigenvalue weighted by Crippen LogP contribution is -2.31. The minimum Gasteiger partial charge on any atom is -0.477 e. The molecule has 11 heteroatoms. The molecule has 0 aliphatic carbocycles. The largest absolute Gasteiger partial charge is 0.477 e. The molecule has 10 nitrogen and oxygen atoms in total. The summed E-state index contributed by atoms with van der Waals surface area (Å²) in [6.45, 7) is 5.07. The fourth-order valence-corrected chi connectivity index (χ4v) is 4.83. The molecule has 1 atom stereocenters. The summed E-state index contributed by atoms with van der Waals surface area (Å²) in [4.78, 5) is 22.9. The first-order valence-electron chi connectivity index (χ1n) is 10.4. The van der Waals surface area contributed by atoms with Crippen LogP contribution in [0.1, 0.15) is 32.6 Å². The Morgan fingerprint density at radius 2 is 1.88 bits per heavy atom. The van der Waals surface area contributed by atoms with Crippen molar-refractivity contribution in [2.75, 3.05) is 19.7 Å². The molecule has 0 fully saturated rings. The number of para-hydroxylation sites is 1. The monoisotopic (exact) mass is 475 g/mol. The number of nitro benzene ring substituents is 1. The molecule has 3 rings (SSSR count). The van der Waals surface area contributed by atoms with Gasteiger partial charge >= 0.3 is 5.69 Å². The van der Waals surface area contributed by atoms with E-state index in [9.17, 15) is 23.3 Å². The summed E-state index contributed by atoms with van der Waals surface area (Å²) < 4.78 is 37.6. The second-order valence-corrected chi connectivity index (χ2v) is 9.18. The third kappa shape index (κ3) is 5.32. The molecule has 1 amide bonds. The van der Waals surface area contributed by atoms with Gasteiger partial charge in [-0.15, -0.1) is 0 Å². The van der Waals surface area contributed by atoms with Crippen LogP contribution < -0.4 is 10.1 Å². The molecule has 1 aromatic heterocycles. The molecule has 0 saturated carbocycles. The zero-order valence-electron chi connectivity index (χ0n) is 18.5. The number of nitrogens with one attached hydrogen (secondary N) is 1. The molecule has 0 aliphatic rings. The van der Waals surface area contributed by atoms with E-state index in [2.05, 4.69) is 5.32 Å². The number of benzene rings is 2. The van der Waals surface area contributed by atoms with Gasteiger partial charge in [0.15, 0.2) is 12.4 Å². The van der Waals surface area contributed by atoms with Gasteiger partial charge in [0.25, 0.3) is 5.91 Å². The lowest BCUT2D eigenvalue weighted by Gasteiger charge is -2.18. The second kappa shape index (κ2) is 10.0. The summed E-state index contributed by atoms with van der Waals surface area (Å²) in [5.74, 6) is -0.163. The standard InChI is InChI=1S/C22H25N3O7S/c1-4-24(5-2)33(29,30)17-10-11-20(18(13-17)25(27)28)31-14-22(26)23-15(3)21-12-16-8-6-7-9-19(16)32-21/h6-13,15H,4-5,14H2,1-3H3,(H,23,26). The molecule has 33 heavy (non-hydrogen) atoms. The Hall–Kier alpha value is -3.44. The number of fused-ring (bicyclic) bond motifs is 1. The van der Waals surface area contributed by atoms with Crippen molar-refractivity contribution in [2.24, 2.45) is 0 Å². The summed E-state index contributed by atoms with van der Waals surface area (Å²) in [7, 11) is -3.88. The summed E-state index contributed by atoms with van der Waals surface area (Å²) in [5, 5.41) is 15.1. The third-order valence-corrected chi connectivity index (χ3v) is 7.12. The van der Waals surface area contributed by atoms with Crippen LogP contribution in [0.15, 0.2) is 57.8 Å². The highest BCUT2D eigenvalue weighted by Crippen LogP contribution is 2.31. The quantitative estimate of drug-likeness (QED) is 0.350. The normalized spacial score (nSPS) is 12.6. The van der Waals surface area contributed by atoms with Crippen LogP contribution in [0.5, 0.6) is 5.75 Å². The van der Waals surface area contributed by atoms with E-state index >= 15 is 0 Å². The van der Waals surface area contributed by atoms with Gasteiger partial charge in [-0.25, -0.2) is 8.42 Å². The van der Waals surface area contributed by atoms with Gasteiger partial charge in [0.1, 0.15) is 11.3 Å². The molecule has 1 N–H and O–H groups in total. The molecule has 0 aliphatic heterocycles. The SMILES string of the molecule is CCN(CC)S(=O)(=O)c1ccc(OCC(=O)NC(C)c2cc3ccccc3o2)c([N+](=O)[O-])c1. The van der Waals surface area contributed by atoms with Crippen LogP contribution in [0.4, 0.5) is 5.69 Å². The maximum Gasteiger partial charge on any atom is 0.312 e. The first-order valence-corrected chi connectivity index (χ1v) is 11.8. The highest BCUT2D eigenvalue weighted by Gasteiger charge is 2.26. The summed E-state index contributed by atoms with van der Waals surface area (Å²) in [6.07, 6.45) is 0. The number of ether oxygens (including phenoxy) is 1. The summed E-state index contributed by atoms with van der Waals surface area (Å²) in [6, 6.07) is 12.2. The molecule has 1 heterocycles. The first-order chi connectivity index (χ1) is 15.7. The first kappa shape index (κ1) is 24.2. The average molecular weight is 476 g/mol. The predicted molar refractivity (Wildman–Crippen MR) is 121 cm³/mol. The van der Waals surface area contributed by atoms with Crippen LogP contribution in [0.3, 0.4) is 0 Å². The van der Waals surface area contributed by atoms with Gasteiger partial charge in [-0.3, -0.25) is 14.9 Å². The van der Waals surface area contributed by atoms with Gasteiger partial charge in [-0.05, 0) is 31.2 Å². The van der Waals surface area contributed by atoms with Gasteiger partial charge in [0.2, 0.25) is 10.0 Å². The van der Waals surface area contributed by atoms with Crippen molar-refractivity contribution in [3.8, 4) is 5.75 Å². The molecular weight excluding hydrogens is 450 g/mol. The Morgan fingerprint density at radius 3 is 2.52 bits per heavy atom. The number of rotatable bonds is 10. The molecule has 2 aromatic carbocycles. The molecule has 0 saturated heterocycles. The Balaban J connectivity index is 1.71. The van der Waals surface area contributed by atoms with Gasteiger partial charge in [-0.1, -0.05) is 32.0 Å². The predicted octanol–water partition coefficient (Wildman–Crippen LogP) is 3.63. The van der Waals surface area contributed by atoms with Crippen LogP contribution in [0, 0.1) is 10.1 Å². The second-order valence-electron chi connectivity index (χ2n) is 7.24. The Bertz CT molecular complexity index is 1230. The molecular formula is C22H25N3O7S. The van der Waals surface area contributed by atoms with Crippen LogP contribution in [-0.2, 0) is 14.8 Å². The third-order valence-electron chi connectivity index (χ3n) is 5.08. The number of carbonyl (C=O) groups is 1. The topological polar surface area (TPSA) is 132 Å². The van der Waals surface area contributed by atoms with E-state index in [4.69, 9.17) is 9.15 Å². The Labute approximate surface area is 191 Å². The maximum absolute atomic E-state index is 12.7. The molecule has 1 unspecified atom stereocenters. The fraction of sp³-hybridized carbons (Fsp3) is 0.318. The molecule has 0 spiro atoms. The van der Waals surface area contributed by atoms with E-state index in [1.165, 1.54) is 16.4 Å². The van der Waals surface area contributed by atoms with Crippen LogP contribution in [0.25, 0.3) is 11.0 Å². The van der Waals surface area contributed by atoms with E-state index in [1.807, 2.05) is 30.3 Å². The van der Waals surface area contributed by atoms with E-state index in [-0.39, 0.29) is 23.7 Å². The van der Waals surface area contributed by atoms with E-state index in [0.717, 1.165) is 11.5 Å². The van der Waals surface area contributed by atoms with Gasteiger partial charge in [-0.2, -0.15) is 4.31 Å². The van der Waals surface area contributed by atoms with Gasteiger partial charge in [0.05, 0.1) is 15.9 Å². The minimum atomic E-state index is -3.88. The van der Waals surface area contributed by atoms with Crippen molar-refractivity contribution >= 4 is 32.6 Å². The number of nitrogens with zero attached hydrogens (tertiary/aromatic N) is 2. The van der Waals surface area contributed by atoms with E-state index in [0.29, 0.717) is 11.3 Å². The van der Waals surface area contributed by atoms with Crippen molar-refractivity contribution in [1.29, 1.82) is 0 Å². The van der Waals surface area contributed by atoms with Gasteiger partial charge in [0, 0.05) is 24.5 Å². The Morgan fingerprint density at radius 1 is 1.18 bits per heavy atom. The molecule has 176 valence electrons. The molecule has 3 aromatic rings. The molecule has 0 radical (unpaired) electrons. The van der Waals surface area contributed by atoms with E-state index in [1.54, 1.807) is 20.8 Å². The van der Waals surface area contributed by atoms with Crippen molar-refractivity contribution in [3.05, 3.63) is 64.4 Å². The lowest BCUT2D eigenvalue weighted by molar-refractivity contribution is -0.386. The number of sulfonamides is 1. The highest BCUT2D eigenvalue weighted by molar-refractivity contribution is 7.89. The van der Waals surface area contributed by atoms with Crippen molar-refractivity contribution < 1.29 is 27.3 Å². The number of hydrogen-bond donors (Lipinski definition) is 1. The smallest absolute Gasteiger partial charge is 0.312 e. The fourth-order valence-electron chi connectivity index (χ4n) is 3.35. The number of carbonyl (C=O) groups excluding carboxylic acids is 1. The number of hydrogen-bond acceptors (Lipinski definition) is 7. The average Bonchev–Trinajstić information content (AvgIpc) is 3.22. The Kier molecular flexibility index (Phi) is 7.34. The lowest BCUT2D eigenvalue weighted by atomic mass is 10.2. The maximum atomic E-state index is 12.7. The number of nitro groups is 1. The number of furan rings is 1. The van der Waals surface area contributed by atoms with Crippen LogP contribution in [0.2, 0.25) is 0 Å².